The quantitative estimate of drug-likeness (QED) is 0.491. The highest BCUT2D eigenvalue weighted by Gasteiger charge is 2.15. The summed E-state index contributed by atoms with van der Waals surface area (Å²) in [5, 5.41) is 13.1. The maximum absolute atomic E-state index is 11.5. The third kappa shape index (κ3) is 3.74. The van der Waals surface area contributed by atoms with Crippen LogP contribution in [0.5, 0.6) is 0 Å². The second kappa shape index (κ2) is 5.05. The van der Waals surface area contributed by atoms with Gasteiger partial charge in [0.05, 0.1) is 16.2 Å². The molecule has 0 radical (unpaired) electrons. The van der Waals surface area contributed by atoms with Crippen LogP contribution in [0, 0.1) is 17.0 Å². The Morgan fingerprint density at radius 2 is 2.11 bits per heavy atom. The number of rotatable bonds is 3. The van der Waals surface area contributed by atoms with Crippen LogP contribution >= 0.6 is 0 Å². The van der Waals surface area contributed by atoms with Crippen LogP contribution in [0.15, 0.2) is 18.2 Å². The van der Waals surface area contributed by atoms with Gasteiger partial charge in [0.25, 0.3) is 5.69 Å². The Morgan fingerprint density at radius 3 is 2.61 bits per heavy atom. The lowest BCUT2D eigenvalue weighted by atomic mass is 10.1. The Labute approximate surface area is 104 Å². The highest BCUT2D eigenvalue weighted by atomic mass is 32.2. The van der Waals surface area contributed by atoms with Gasteiger partial charge in [-0.05, 0) is 18.9 Å². The van der Waals surface area contributed by atoms with Crippen molar-refractivity contribution >= 4 is 33.0 Å². The molecule has 2 N–H and O–H groups in total. The van der Waals surface area contributed by atoms with Gasteiger partial charge in [0, 0.05) is 22.0 Å². The van der Waals surface area contributed by atoms with Crippen LogP contribution < -0.4 is 10.0 Å². The summed E-state index contributed by atoms with van der Waals surface area (Å²) in [4.78, 5) is 21.6. The topological polar surface area (TPSA) is 101 Å². The maximum Gasteiger partial charge on any atom is 0.330 e. The number of urea groups is 1. The van der Waals surface area contributed by atoms with Crippen LogP contribution in [0.1, 0.15) is 5.56 Å². The number of nitro groups is 1. The summed E-state index contributed by atoms with van der Waals surface area (Å²) in [5.41, 5.74) is 0.509. The minimum Gasteiger partial charge on any atom is -0.307 e. The highest BCUT2D eigenvalue weighted by Crippen LogP contribution is 2.24. The van der Waals surface area contributed by atoms with Crippen LogP contribution in [-0.4, -0.2) is 27.3 Å². The van der Waals surface area contributed by atoms with Gasteiger partial charge in [-0.2, -0.15) is 0 Å². The van der Waals surface area contributed by atoms with Gasteiger partial charge in [-0.3, -0.25) is 14.8 Å². The van der Waals surface area contributed by atoms with Crippen LogP contribution in [0.3, 0.4) is 0 Å². The Kier molecular flexibility index (Phi) is 3.92. The van der Waals surface area contributed by atoms with E-state index in [1.807, 2.05) is 0 Å². The fourth-order valence-electron chi connectivity index (χ4n) is 1.30. The van der Waals surface area contributed by atoms with Crippen molar-refractivity contribution in [1.29, 1.82) is 0 Å². The summed E-state index contributed by atoms with van der Waals surface area (Å²) in [6, 6.07) is 3.58. The van der Waals surface area contributed by atoms with Gasteiger partial charge >= 0.3 is 6.03 Å². The van der Waals surface area contributed by atoms with E-state index in [9.17, 15) is 19.1 Å². The van der Waals surface area contributed by atoms with E-state index in [0.29, 0.717) is 5.56 Å². The fraction of sp³-hybridized carbons (Fsp3) is 0.200. The van der Waals surface area contributed by atoms with Gasteiger partial charge in [0.2, 0.25) is 0 Å². The predicted molar refractivity (Wildman–Crippen MR) is 71.2 cm³/mol. The molecule has 8 heteroatoms. The summed E-state index contributed by atoms with van der Waals surface area (Å²) >= 11 is 0. The fourth-order valence-corrected chi connectivity index (χ4v) is 1.74. The van der Waals surface area contributed by atoms with Crippen molar-refractivity contribution in [2.75, 3.05) is 11.6 Å². The van der Waals surface area contributed by atoms with E-state index in [1.165, 1.54) is 31.4 Å². The van der Waals surface area contributed by atoms with Gasteiger partial charge in [-0.25, -0.2) is 9.00 Å². The summed E-state index contributed by atoms with van der Waals surface area (Å²) in [6.45, 7) is 1.52. The lowest BCUT2D eigenvalue weighted by Crippen LogP contribution is -2.33. The summed E-state index contributed by atoms with van der Waals surface area (Å²) in [6.07, 6.45) is 1.27. The molecule has 0 spiro atoms. The van der Waals surface area contributed by atoms with Crippen molar-refractivity contribution in [3.8, 4) is 0 Å². The van der Waals surface area contributed by atoms with E-state index in [1.54, 1.807) is 0 Å². The average molecular weight is 271 g/mol. The lowest BCUT2D eigenvalue weighted by molar-refractivity contribution is -0.385. The lowest BCUT2D eigenvalue weighted by Gasteiger charge is -2.10. The zero-order chi connectivity index (χ0) is 13.9. The predicted octanol–water partition coefficient (Wildman–Crippen LogP) is 1.29. The zero-order valence-corrected chi connectivity index (χ0v) is 10.7. The molecule has 7 nitrogen and oxygen atoms in total. The number of anilines is 1. The van der Waals surface area contributed by atoms with E-state index in [0.717, 1.165) is 0 Å². The SMILES string of the molecule is C=S(C)(=O)NC(=O)Nc1cccc([N+](=O)[O-])c1C. The minimum absolute atomic E-state index is 0.0975. The first kappa shape index (κ1) is 14.0. The summed E-state index contributed by atoms with van der Waals surface area (Å²) in [5.74, 6) is 3.27. The first-order valence-corrected chi connectivity index (χ1v) is 6.99. The first-order valence-electron chi connectivity index (χ1n) is 4.85. The monoisotopic (exact) mass is 271 g/mol. The van der Waals surface area contributed by atoms with Crippen LogP contribution in [-0.2, 0) is 9.71 Å². The smallest absolute Gasteiger partial charge is 0.307 e. The van der Waals surface area contributed by atoms with Crippen molar-refractivity contribution in [2.45, 2.75) is 6.92 Å². The average Bonchev–Trinajstić information content (AvgIpc) is 2.17. The number of nitrogens with zero attached hydrogens (tertiary/aromatic N) is 1. The number of nitro benzene ring substituents is 1. The summed E-state index contributed by atoms with van der Waals surface area (Å²) in [7, 11) is -2.68. The van der Waals surface area contributed by atoms with Crippen LogP contribution in [0.25, 0.3) is 0 Å². The molecule has 0 bridgehead atoms. The van der Waals surface area contributed by atoms with Crippen LogP contribution in [0.4, 0.5) is 16.2 Å². The Hall–Kier alpha value is -2.09. The second-order valence-corrected chi connectivity index (χ2v) is 5.98. The van der Waals surface area contributed by atoms with Crippen molar-refractivity contribution in [3.05, 3.63) is 33.9 Å². The van der Waals surface area contributed by atoms with Gasteiger partial charge in [-0.15, -0.1) is 0 Å². The summed E-state index contributed by atoms with van der Waals surface area (Å²) < 4.78 is 13.4. The number of nitrogens with one attached hydrogen (secondary N) is 2. The molecule has 0 aliphatic carbocycles. The Morgan fingerprint density at radius 1 is 1.50 bits per heavy atom. The molecule has 1 atom stereocenters. The molecule has 1 aromatic rings. The van der Waals surface area contributed by atoms with Gasteiger partial charge in [0.15, 0.2) is 0 Å². The van der Waals surface area contributed by atoms with Crippen molar-refractivity contribution in [1.82, 2.24) is 4.72 Å². The van der Waals surface area contributed by atoms with Crippen molar-refractivity contribution in [2.24, 2.45) is 0 Å². The van der Waals surface area contributed by atoms with E-state index < -0.39 is 20.7 Å². The van der Waals surface area contributed by atoms with Crippen molar-refractivity contribution in [3.63, 3.8) is 0 Å². The standard InChI is InChI=1S/C10H13N3O4S/c1-7-8(5-4-6-9(7)13(15)16)11-10(14)12-18(2,3)17/h4-6H,2H2,1,3H3,(H2,11,12,14,17). The van der Waals surface area contributed by atoms with Crippen LogP contribution in [0.2, 0.25) is 0 Å². The van der Waals surface area contributed by atoms with Gasteiger partial charge < -0.3 is 5.32 Å². The molecule has 0 aliphatic rings. The molecule has 0 saturated heterocycles. The number of carbonyl (C=O) groups excluding carboxylic acids is 1. The molecule has 1 rings (SSSR count). The van der Waals surface area contributed by atoms with Gasteiger partial charge in [0.1, 0.15) is 0 Å². The highest BCUT2D eigenvalue weighted by molar-refractivity contribution is 7.98. The molecule has 1 unspecified atom stereocenters. The van der Waals surface area contributed by atoms with E-state index in [-0.39, 0.29) is 11.4 Å². The number of hydrogen-bond donors (Lipinski definition) is 2. The van der Waals surface area contributed by atoms with Gasteiger partial charge in [-0.1, -0.05) is 6.07 Å². The molecular weight excluding hydrogens is 258 g/mol. The molecule has 0 aliphatic heterocycles. The Bertz CT molecular complexity index is 595. The second-order valence-electron chi connectivity index (χ2n) is 3.77. The molecule has 0 heterocycles. The maximum atomic E-state index is 11.5. The first-order chi connectivity index (χ1) is 8.20. The number of hydrogen-bond acceptors (Lipinski definition) is 4. The zero-order valence-electron chi connectivity index (χ0n) is 9.93. The molecule has 2 amide bonds. The molecule has 98 valence electrons. The molecule has 1 aromatic carbocycles. The van der Waals surface area contributed by atoms with Crippen molar-refractivity contribution < 1.29 is 13.9 Å². The molecule has 0 saturated carbocycles. The molecular formula is C10H13N3O4S. The van der Waals surface area contributed by atoms with E-state index in [2.05, 4.69) is 15.9 Å². The number of benzene rings is 1. The molecule has 0 aromatic heterocycles. The number of amides is 2. The third-order valence-corrected chi connectivity index (χ3v) is 2.68. The molecule has 0 fully saturated rings. The normalized spacial score (nSPS) is 13.4. The largest absolute Gasteiger partial charge is 0.330 e. The van der Waals surface area contributed by atoms with E-state index >= 15 is 0 Å². The minimum atomic E-state index is -2.68. The van der Waals surface area contributed by atoms with E-state index in [4.69, 9.17) is 0 Å². The molecule has 18 heavy (non-hydrogen) atoms. The third-order valence-electron chi connectivity index (χ3n) is 2.06. The number of carbonyl (C=O) groups is 1. The Balaban J connectivity index is 2.96.